The Morgan fingerprint density at radius 1 is 1.57 bits per heavy atom. The molecule has 0 aliphatic carbocycles. The van der Waals surface area contributed by atoms with Crippen LogP contribution in [0, 0.1) is 0 Å². The van der Waals surface area contributed by atoms with E-state index >= 15 is 0 Å². The van der Waals surface area contributed by atoms with Gasteiger partial charge in [0, 0.05) is 11.9 Å². The molecule has 1 aromatic rings. The topological polar surface area (TPSA) is 68.0 Å². The summed E-state index contributed by atoms with van der Waals surface area (Å²) in [6.07, 6.45) is 3.12. The molecule has 0 aliphatic heterocycles. The summed E-state index contributed by atoms with van der Waals surface area (Å²) in [5.74, 6) is 0.418. The van der Waals surface area contributed by atoms with Crippen molar-refractivity contribution < 1.29 is 4.79 Å². The lowest BCUT2D eigenvalue weighted by molar-refractivity contribution is -0.112. The van der Waals surface area contributed by atoms with Gasteiger partial charge in [-0.3, -0.25) is 4.79 Å². The third-order valence-electron chi connectivity index (χ3n) is 1.59. The Hall–Kier alpha value is -1.84. The molecule has 1 rings (SSSR count). The van der Waals surface area contributed by atoms with Gasteiger partial charge in [-0.05, 0) is 32.1 Å². The molecule has 0 aliphatic rings. The smallest absolute Gasteiger partial charge is 0.154 e. The summed E-state index contributed by atoms with van der Waals surface area (Å²) in [4.78, 5) is 14.7. The highest BCUT2D eigenvalue weighted by atomic mass is 16.1. The van der Waals surface area contributed by atoms with Gasteiger partial charge in [0.1, 0.15) is 5.82 Å². The van der Waals surface area contributed by atoms with Crippen LogP contribution in [-0.4, -0.2) is 10.8 Å². The number of hydrogen-bond acceptors (Lipinski definition) is 4. The number of nitrogens with zero attached hydrogens (tertiary/aromatic N) is 1. The number of rotatable bonds is 3. The second-order valence-electron chi connectivity index (χ2n) is 3.00. The first-order chi connectivity index (χ1) is 6.59. The zero-order valence-corrected chi connectivity index (χ0v) is 8.24. The van der Waals surface area contributed by atoms with Crippen LogP contribution in [0.4, 0.5) is 11.5 Å². The first-order valence-corrected chi connectivity index (χ1v) is 4.26. The summed E-state index contributed by atoms with van der Waals surface area (Å²) in [6, 6.07) is 3.58. The number of nitrogen functional groups attached to an aromatic ring is 1. The van der Waals surface area contributed by atoms with E-state index in [2.05, 4.69) is 10.3 Å². The summed E-state index contributed by atoms with van der Waals surface area (Å²) in [7, 11) is 0. The lowest BCUT2D eigenvalue weighted by Crippen LogP contribution is -2.02. The third-order valence-corrected chi connectivity index (χ3v) is 1.59. The summed E-state index contributed by atoms with van der Waals surface area (Å²) < 4.78 is 0. The molecule has 0 spiro atoms. The van der Waals surface area contributed by atoms with Crippen molar-refractivity contribution in [2.75, 3.05) is 11.1 Å². The maximum absolute atomic E-state index is 10.8. The lowest BCUT2D eigenvalue weighted by Gasteiger charge is -2.07. The van der Waals surface area contributed by atoms with Crippen LogP contribution in [0.2, 0.25) is 0 Å². The minimum atomic E-state index is -0.00235. The van der Waals surface area contributed by atoms with Crippen molar-refractivity contribution in [3.63, 3.8) is 0 Å². The molecule has 14 heavy (non-hydrogen) atoms. The number of carbonyl (C=O) groups excluding carboxylic acids is 1. The quantitative estimate of drug-likeness (QED) is 0.711. The van der Waals surface area contributed by atoms with Crippen LogP contribution in [0.3, 0.4) is 0 Å². The van der Waals surface area contributed by atoms with Crippen LogP contribution in [0.25, 0.3) is 0 Å². The molecule has 0 unspecified atom stereocenters. The maximum Gasteiger partial charge on any atom is 0.154 e. The van der Waals surface area contributed by atoms with Crippen molar-refractivity contribution in [1.29, 1.82) is 0 Å². The molecule has 0 aromatic carbocycles. The molecule has 0 amide bonds. The molecule has 0 atom stereocenters. The van der Waals surface area contributed by atoms with Crippen molar-refractivity contribution in [3.8, 4) is 0 Å². The molecule has 0 radical (unpaired) electrons. The average Bonchev–Trinajstić information content (AvgIpc) is 2.07. The predicted octanol–water partition coefficient (Wildman–Crippen LogP) is 1.57. The number of nitrogens with two attached hydrogens (primary N) is 1. The van der Waals surface area contributed by atoms with E-state index in [1.165, 1.54) is 13.0 Å². The molecule has 3 N–H and O–H groups in total. The van der Waals surface area contributed by atoms with Crippen LogP contribution in [0.5, 0.6) is 0 Å². The van der Waals surface area contributed by atoms with Gasteiger partial charge in [0.2, 0.25) is 0 Å². The minimum absolute atomic E-state index is 0.00235. The van der Waals surface area contributed by atoms with Crippen molar-refractivity contribution >= 4 is 17.3 Å². The van der Waals surface area contributed by atoms with Gasteiger partial charge in [0.05, 0.1) is 5.69 Å². The number of anilines is 2. The molecule has 0 fully saturated rings. The number of allylic oxidation sites excluding steroid dienone is 2. The van der Waals surface area contributed by atoms with E-state index in [1.54, 1.807) is 25.3 Å². The first-order valence-electron chi connectivity index (χ1n) is 4.26. The fraction of sp³-hybridized carbons (Fsp3) is 0.200. The molecule has 4 nitrogen and oxygen atoms in total. The minimum Gasteiger partial charge on any atom is -0.382 e. The van der Waals surface area contributed by atoms with Crippen LogP contribution in [-0.2, 0) is 4.79 Å². The molecule has 0 bridgehead atoms. The molecule has 74 valence electrons. The number of ketones is 1. The molecular weight excluding hydrogens is 178 g/mol. The van der Waals surface area contributed by atoms with Crippen molar-refractivity contribution in [2.45, 2.75) is 13.8 Å². The zero-order chi connectivity index (χ0) is 10.6. The Morgan fingerprint density at radius 2 is 2.29 bits per heavy atom. The molecule has 0 saturated heterocycles. The Balaban J connectivity index is 2.79. The summed E-state index contributed by atoms with van der Waals surface area (Å²) in [6.45, 7) is 3.30. The van der Waals surface area contributed by atoms with Gasteiger partial charge in [0.25, 0.3) is 0 Å². The van der Waals surface area contributed by atoms with Crippen LogP contribution in [0.15, 0.2) is 30.1 Å². The van der Waals surface area contributed by atoms with E-state index in [0.717, 1.165) is 5.70 Å². The van der Waals surface area contributed by atoms with E-state index < -0.39 is 0 Å². The summed E-state index contributed by atoms with van der Waals surface area (Å²) >= 11 is 0. The Labute approximate surface area is 82.8 Å². The van der Waals surface area contributed by atoms with Gasteiger partial charge in [0.15, 0.2) is 5.78 Å². The van der Waals surface area contributed by atoms with E-state index in [9.17, 15) is 4.79 Å². The number of pyridine rings is 1. The second-order valence-corrected chi connectivity index (χ2v) is 3.00. The van der Waals surface area contributed by atoms with E-state index in [-0.39, 0.29) is 5.78 Å². The van der Waals surface area contributed by atoms with Gasteiger partial charge >= 0.3 is 0 Å². The summed E-state index contributed by atoms with van der Waals surface area (Å²) in [5.41, 5.74) is 7.07. The van der Waals surface area contributed by atoms with Crippen LogP contribution in [0.1, 0.15) is 13.8 Å². The SMILES string of the molecule is CC(=O)/C=C(\C)Nc1cccnc1N. The van der Waals surface area contributed by atoms with Crippen molar-refractivity contribution in [1.82, 2.24) is 4.98 Å². The first kappa shape index (κ1) is 10.2. The van der Waals surface area contributed by atoms with Crippen molar-refractivity contribution in [2.24, 2.45) is 0 Å². The fourth-order valence-corrected chi connectivity index (χ4v) is 1.08. The van der Waals surface area contributed by atoms with Gasteiger partial charge in [-0.15, -0.1) is 0 Å². The Morgan fingerprint density at radius 3 is 2.86 bits per heavy atom. The van der Waals surface area contributed by atoms with Crippen molar-refractivity contribution in [3.05, 3.63) is 30.1 Å². The highest BCUT2D eigenvalue weighted by molar-refractivity contribution is 5.88. The van der Waals surface area contributed by atoms with Gasteiger partial charge in [-0.1, -0.05) is 0 Å². The van der Waals surface area contributed by atoms with E-state index in [4.69, 9.17) is 5.73 Å². The normalized spacial score (nSPS) is 11.1. The second kappa shape index (κ2) is 4.41. The zero-order valence-electron chi connectivity index (χ0n) is 8.24. The maximum atomic E-state index is 10.8. The number of nitrogens with one attached hydrogen (secondary N) is 1. The van der Waals surface area contributed by atoms with Gasteiger partial charge in [-0.2, -0.15) is 0 Å². The number of aromatic nitrogens is 1. The fourth-order valence-electron chi connectivity index (χ4n) is 1.08. The third kappa shape index (κ3) is 2.90. The van der Waals surface area contributed by atoms with Crippen LogP contribution < -0.4 is 11.1 Å². The predicted molar refractivity (Wildman–Crippen MR) is 56.7 cm³/mol. The lowest BCUT2D eigenvalue weighted by atomic mass is 10.3. The van der Waals surface area contributed by atoms with Gasteiger partial charge < -0.3 is 11.1 Å². The molecule has 1 aromatic heterocycles. The molecule has 0 saturated carbocycles. The molecule has 1 heterocycles. The number of hydrogen-bond donors (Lipinski definition) is 2. The average molecular weight is 191 g/mol. The highest BCUT2D eigenvalue weighted by Crippen LogP contribution is 2.15. The molecule has 4 heteroatoms. The van der Waals surface area contributed by atoms with Crippen LogP contribution >= 0.6 is 0 Å². The number of carbonyl (C=O) groups is 1. The Bertz CT molecular complexity index is 371. The standard InChI is InChI=1S/C10H13N3O/c1-7(6-8(2)14)13-9-4-3-5-12-10(9)11/h3-6,13H,1-2H3,(H2,11,12)/b7-6+. The molecular formula is C10H13N3O. The Kier molecular flexibility index (Phi) is 3.23. The monoisotopic (exact) mass is 191 g/mol. The van der Waals surface area contributed by atoms with E-state index in [0.29, 0.717) is 11.5 Å². The van der Waals surface area contributed by atoms with E-state index in [1.807, 2.05) is 0 Å². The van der Waals surface area contributed by atoms with Gasteiger partial charge in [-0.25, -0.2) is 4.98 Å². The largest absolute Gasteiger partial charge is 0.382 e. The highest BCUT2D eigenvalue weighted by Gasteiger charge is 1.98. The summed E-state index contributed by atoms with van der Waals surface area (Å²) in [5, 5.41) is 2.99.